The van der Waals surface area contributed by atoms with Gasteiger partial charge in [-0.2, -0.15) is 5.10 Å². The molecule has 2 N–H and O–H groups in total. The van der Waals surface area contributed by atoms with Crippen molar-refractivity contribution in [1.82, 2.24) is 39.8 Å². The van der Waals surface area contributed by atoms with E-state index in [1.165, 1.54) is 12.1 Å². The number of amides is 5. The third-order valence-electron chi connectivity index (χ3n) is 12.7. The fourth-order valence-electron chi connectivity index (χ4n) is 9.15. The number of benzene rings is 3. The van der Waals surface area contributed by atoms with E-state index in [1.54, 1.807) is 42.7 Å². The maximum Gasteiger partial charge on any atom is 0.264 e. The number of hydrogen-bond acceptors (Lipinski definition) is 11. The fourth-order valence-corrected chi connectivity index (χ4v) is 9.15. The van der Waals surface area contributed by atoms with Crippen molar-refractivity contribution in [1.29, 1.82) is 0 Å². The number of piperidine rings is 2. The summed E-state index contributed by atoms with van der Waals surface area (Å²) in [6, 6.07) is 12.3. The zero-order valence-corrected chi connectivity index (χ0v) is 35.4. The summed E-state index contributed by atoms with van der Waals surface area (Å²) in [4.78, 5) is 78.1. The van der Waals surface area contributed by atoms with Crippen LogP contribution in [-0.4, -0.2) is 116 Å². The molecular formula is C47H49F2N9O6. The van der Waals surface area contributed by atoms with Crippen molar-refractivity contribution in [2.24, 2.45) is 0 Å². The minimum Gasteiger partial charge on any atom is -0.384 e. The Bertz CT molecular complexity index is 2600. The molecule has 3 fully saturated rings. The number of morpholine rings is 1. The zero-order valence-electron chi connectivity index (χ0n) is 35.4. The SMILES string of the molecule is O=C1CCC(N2C(=O)c3cccc(NCCCCCCC(=O)N4CCC(n5cc(-c6cnc7cccc(-c8cc(F)c(CN9CCOCC9)c(F)c8)c7n6)cn5)CC4)c3C2=O)C(=O)N1. The molecule has 1 atom stereocenters. The number of anilines is 1. The van der Waals surface area contributed by atoms with Crippen LogP contribution in [0.3, 0.4) is 0 Å². The molecule has 332 valence electrons. The van der Waals surface area contributed by atoms with E-state index in [2.05, 4.69) is 20.7 Å². The normalized spacial score (nSPS) is 18.5. The van der Waals surface area contributed by atoms with Gasteiger partial charge in [-0.25, -0.2) is 13.8 Å². The van der Waals surface area contributed by atoms with Crippen LogP contribution in [-0.2, 0) is 25.7 Å². The number of unbranched alkanes of at least 4 members (excludes halogenated alkanes) is 3. The third-order valence-corrected chi connectivity index (χ3v) is 12.7. The number of carbonyl (C=O) groups is 5. The molecule has 5 aromatic rings. The van der Waals surface area contributed by atoms with E-state index >= 15 is 8.78 Å². The van der Waals surface area contributed by atoms with Crippen LogP contribution in [0.1, 0.15) is 90.1 Å². The van der Waals surface area contributed by atoms with Crippen molar-refractivity contribution in [2.75, 3.05) is 51.3 Å². The molecule has 64 heavy (non-hydrogen) atoms. The molecule has 0 aliphatic carbocycles. The number of nitrogens with zero attached hydrogens (tertiary/aromatic N) is 7. The van der Waals surface area contributed by atoms with E-state index in [0.29, 0.717) is 85.9 Å². The van der Waals surface area contributed by atoms with Crippen LogP contribution in [0, 0.1) is 11.6 Å². The Morgan fingerprint density at radius 3 is 2.38 bits per heavy atom. The minimum absolute atomic E-state index is 0.0390. The quantitative estimate of drug-likeness (QED) is 0.101. The molecule has 4 aliphatic heterocycles. The number of likely N-dealkylation sites (tertiary alicyclic amines) is 1. The van der Waals surface area contributed by atoms with Crippen LogP contribution in [0.2, 0.25) is 0 Å². The van der Waals surface area contributed by atoms with E-state index in [0.717, 1.165) is 49.0 Å². The van der Waals surface area contributed by atoms with Gasteiger partial charge in [-0.1, -0.05) is 31.0 Å². The lowest BCUT2D eigenvalue weighted by Gasteiger charge is -2.32. The van der Waals surface area contributed by atoms with E-state index in [1.807, 2.05) is 26.7 Å². The molecule has 4 aliphatic rings. The largest absolute Gasteiger partial charge is 0.384 e. The Kier molecular flexibility index (Phi) is 12.5. The topological polar surface area (TPSA) is 172 Å². The van der Waals surface area contributed by atoms with Crippen LogP contribution in [0.15, 0.2) is 67.1 Å². The first kappa shape index (κ1) is 42.8. The Hall–Kier alpha value is -6.46. The standard InChI is InChI=1S/C47H49F2N9O6/c48-35-23-29(24-36(49)34(35)28-55-19-21-64-22-20-55)32-7-5-10-38-44(32)53-39(26-51-38)30-25-52-57(27-30)31-14-17-56(18-15-31)42(60)11-3-1-2-4-16-50-37-9-6-8-33-43(37)47(63)58(46(33)62)40-12-13-41(59)54-45(40)61/h5-10,23-27,31,40,50H,1-4,11-22,28H2,(H,54,59,61). The number of hydrogen-bond donors (Lipinski definition) is 2. The summed E-state index contributed by atoms with van der Waals surface area (Å²) in [7, 11) is 0. The highest BCUT2D eigenvalue weighted by Crippen LogP contribution is 2.34. The van der Waals surface area contributed by atoms with Crippen LogP contribution in [0.25, 0.3) is 33.4 Å². The van der Waals surface area contributed by atoms with Crippen LogP contribution in [0.5, 0.6) is 0 Å². The summed E-state index contributed by atoms with van der Waals surface area (Å²) >= 11 is 0. The van der Waals surface area contributed by atoms with Crippen LogP contribution in [0.4, 0.5) is 14.5 Å². The highest BCUT2D eigenvalue weighted by atomic mass is 19.1. The molecule has 9 rings (SSSR count). The molecule has 3 saturated heterocycles. The molecule has 0 bridgehead atoms. The summed E-state index contributed by atoms with van der Waals surface area (Å²) < 4.78 is 38.1. The van der Waals surface area contributed by atoms with Gasteiger partial charge >= 0.3 is 0 Å². The van der Waals surface area contributed by atoms with Crippen molar-refractivity contribution in [3.05, 3.63) is 95.4 Å². The molecule has 6 heterocycles. The fraction of sp³-hybridized carbons (Fsp3) is 0.404. The first-order valence-electron chi connectivity index (χ1n) is 22.1. The first-order chi connectivity index (χ1) is 31.1. The molecule has 15 nitrogen and oxygen atoms in total. The number of rotatable bonds is 14. The average molecular weight is 874 g/mol. The Morgan fingerprint density at radius 1 is 0.844 bits per heavy atom. The Morgan fingerprint density at radius 2 is 1.59 bits per heavy atom. The van der Waals surface area contributed by atoms with Gasteiger partial charge in [0.05, 0.1) is 59.5 Å². The number of para-hydroxylation sites is 1. The van der Waals surface area contributed by atoms with Crippen molar-refractivity contribution in [2.45, 2.75) is 76.4 Å². The maximum atomic E-state index is 15.4. The monoisotopic (exact) mass is 873 g/mol. The van der Waals surface area contributed by atoms with Crippen LogP contribution >= 0.6 is 0 Å². The summed E-state index contributed by atoms with van der Waals surface area (Å²) in [6.07, 6.45) is 10.8. The maximum absolute atomic E-state index is 15.4. The van der Waals surface area contributed by atoms with E-state index < -0.39 is 41.3 Å². The molecular weight excluding hydrogens is 825 g/mol. The number of carbonyl (C=O) groups excluding carboxylic acids is 5. The first-order valence-corrected chi connectivity index (χ1v) is 22.1. The summed E-state index contributed by atoms with van der Waals surface area (Å²) in [5.41, 5.74) is 4.51. The number of nitrogens with one attached hydrogen (secondary N) is 2. The Labute approximate surface area is 368 Å². The third kappa shape index (κ3) is 8.86. The lowest BCUT2D eigenvalue weighted by molar-refractivity contribution is -0.136. The number of aromatic nitrogens is 4. The highest BCUT2D eigenvalue weighted by Gasteiger charge is 2.45. The second-order valence-electron chi connectivity index (χ2n) is 16.8. The summed E-state index contributed by atoms with van der Waals surface area (Å²) in [6.45, 7) is 4.33. The molecule has 0 saturated carbocycles. The summed E-state index contributed by atoms with van der Waals surface area (Å²) in [5, 5.41) is 10.2. The molecule has 0 radical (unpaired) electrons. The number of halogens is 2. The number of imide groups is 2. The molecule has 1 unspecified atom stereocenters. The molecule has 0 spiro atoms. The van der Waals surface area contributed by atoms with Crippen molar-refractivity contribution >= 4 is 46.3 Å². The van der Waals surface area contributed by atoms with Gasteiger partial charge in [-0.05, 0) is 68.0 Å². The molecule has 5 amide bonds. The highest BCUT2D eigenvalue weighted by molar-refractivity contribution is 6.25. The molecule has 2 aromatic heterocycles. The van der Waals surface area contributed by atoms with Gasteiger partial charge in [0.15, 0.2) is 0 Å². The number of fused-ring (bicyclic) bond motifs is 2. The lowest BCUT2D eigenvalue weighted by Crippen LogP contribution is -2.54. The second kappa shape index (κ2) is 18.7. The zero-order chi connectivity index (χ0) is 44.3. The van der Waals surface area contributed by atoms with E-state index in [9.17, 15) is 24.0 Å². The van der Waals surface area contributed by atoms with Gasteiger partial charge in [-0.15, -0.1) is 0 Å². The van der Waals surface area contributed by atoms with Crippen molar-refractivity contribution in [3.8, 4) is 22.4 Å². The van der Waals surface area contributed by atoms with Crippen LogP contribution < -0.4 is 10.6 Å². The molecule has 17 heteroatoms. The second-order valence-corrected chi connectivity index (χ2v) is 16.8. The summed E-state index contributed by atoms with van der Waals surface area (Å²) in [5.74, 6) is -3.21. The smallest absolute Gasteiger partial charge is 0.264 e. The average Bonchev–Trinajstić information content (AvgIpc) is 3.90. The lowest BCUT2D eigenvalue weighted by atomic mass is 10.0. The minimum atomic E-state index is -1.02. The van der Waals surface area contributed by atoms with Gasteiger partial charge < -0.3 is 15.0 Å². The van der Waals surface area contributed by atoms with Crippen molar-refractivity contribution in [3.63, 3.8) is 0 Å². The van der Waals surface area contributed by atoms with E-state index in [4.69, 9.17) is 9.72 Å². The van der Waals surface area contributed by atoms with Gasteiger partial charge in [0.2, 0.25) is 17.7 Å². The van der Waals surface area contributed by atoms with Gasteiger partial charge in [0.1, 0.15) is 17.7 Å². The van der Waals surface area contributed by atoms with Crippen molar-refractivity contribution < 1.29 is 37.5 Å². The van der Waals surface area contributed by atoms with E-state index in [-0.39, 0.29) is 48.0 Å². The predicted molar refractivity (Wildman–Crippen MR) is 232 cm³/mol. The van der Waals surface area contributed by atoms with Gasteiger partial charge in [-0.3, -0.25) is 48.8 Å². The number of ether oxygens (including phenoxy) is 1. The predicted octanol–water partition coefficient (Wildman–Crippen LogP) is 5.90. The molecule has 3 aromatic carbocycles. The van der Waals surface area contributed by atoms with Gasteiger partial charge in [0, 0.05) is 80.7 Å². The Balaban J connectivity index is 0.732. The van der Waals surface area contributed by atoms with Gasteiger partial charge in [0.25, 0.3) is 11.8 Å².